The summed E-state index contributed by atoms with van der Waals surface area (Å²) in [7, 11) is 0. The second-order valence-electron chi connectivity index (χ2n) is 5.85. The van der Waals surface area contributed by atoms with Gasteiger partial charge in [-0.2, -0.15) is 0 Å². The lowest BCUT2D eigenvalue weighted by atomic mass is 10.1. The zero-order valence-corrected chi connectivity index (χ0v) is 14.4. The molecule has 0 amide bonds. The topological polar surface area (TPSA) is 36.2 Å². The normalized spacial score (nSPS) is 14.2. The molecule has 0 unspecified atom stereocenters. The molecule has 2 aromatic rings. The van der Waals surface area contributed by atoms with Crippen molar-refractivity contribution in [3.63, 3.8) is 0 Å². The van der Waals surface area contributed by atoms with Gasteiger partial charge >= 0.3 is 0 Å². The fraction of sp³-hybridized carbons (Fsp3) is 0.438. The summed E-state index contributed by atoms with van der Waals surface area (Å²) in [6.45, 7) is 4.93. The smallest absolute Gasteiger partial charge is 0.276 e. The first kappa shape index (κ1) is 16.4. The van der Waals surface area contributed by atoms with Crippen LogP contribution in [0.4, 0.5) is 4.39 Å². The predicted octanol–water partition coefficient (Wildman–Crippen LogP) is 4.34. The maximum absolute atomic E-state index is 14.4. The molecule has 1 aliphatic heterocycles. The van der Waals surface area contributed by atoms with Gasteiger partial charge in [0.25, 0.3) is 5.56 Å². The third-order valence-electron chi connectivity index (χ3n) is 3.82. The fourth-order valence-corrected chi connectivity index (χ4v) is 3.37. The van der Waals surface area contributed by atoms with E-state index in [-0.39, 0.29) is 33.0 Å². The van der Waals surface area contributed by atoms with E-state index < -0.39 is 5.82 Å². The van der Waals surface area contributed by atoms with Crippen LogP contribution in [0.3, 0.4) is 0 Å². The maximum atomic E-state index is 14.4. The summed E-state index contributed by atoms with van der Waals surface area (Å²) in [6, 6.07) is 2.61. The summed E-state index contributed by atoms with van der Waals surface area (Å²) in [5.74, 6) is -0.253. The number of benzene rings is 1. The molecule has 1 aliphatic rings. The van der Waals surface area contributed by atoms with E-state index in [1.807, 2.05) is 13.8 Å². The first-order valence-corrected chi connectivity index (χ1v) is 8.31. The van der Waals surface area contributed by atoms with Crippen molar-refractivity contribution in [2.24, 2.45) is 0 Å². The Labute approximate surface area is 143 Å². The Bertz CT molecular complexity index is 811. The van der Waals surface area contributed by atoms with Crippen LogP contribution in [-0.4, -0.2) is 15.5 Å². The Kier molecular flexibility index (Phi) is 4.43. The molecule has 0 atom stereocenters. The number of fused-ring (bicyclic) bond motifs is 1. The molecule has 0 radical (unpaired) electrons. The van der Waals surface area contributed by atoms with Gasteiger partial charge in [-0.25, -0.2) is 9.07 Å². The van der Waals surface area contributed by atoms with E-state index in [1.165, 1.54) is 6.07 Å². The lowest BCUT2D eigenvalue weighted by Crippen LogP contribution is -2.27. The molecule has 0 aliphatic carbocycles. The molecule has 1 aromatic carbocycles. The van der Waals surface area contributed by atoms with Crippen LogP contribution in [0.15, 0.2) is 16.9 Å². The minimum atomic E-state index is -0.589. The number of halogens is 3. The van der Waals surface area contributed by atoms with Crippen molar-refractivity contribution < 1.29 is 9.13 Å². The van der Waals surface area contributed by atoms with Gasteiger partial charge in [-0.3, -0.25) is 9.48 Å². The van der Waals surface area contributed by atoms with Gasteiger partial charge < -0.3 is 4.74 Å². The Hall–Kier alpha value is -1.46. The molecule has 124 valence electrons. The van der Waals surface area contributed by atoms with E-state index in [2.05, 4.69) is 0 Å². The number of rotatable bonds is 3. The molecule has 7 heteroatoms. The lowest BCUT2D eigenvalue weighted by Gasteiger charge is -2.17. The van der Waals surface area contributed by atoms with Gasteiger partial charge in [-0.05, 0) is 38.8 Å². The standard InChI is InChI=1S/C16H17Cl2FN2O2/c1-9(2)23-13-7-10(12(19)8-11(13)17)14-15(18)20-5-3-4-6-21(20)16(14)22/h7-9H,3-6H2,1-2H3. The summed E-state index contributed by atoms with van der Waals surface area (Å²) >= 11 is 12.4. The summed E-state index contributed by atoms with van der Waals surface area (Å²) in [4.78, 5) is 12.6. The van der Waals surface area contributed by atoms with Crippen LogP contribution in [-0.2, 0) is 13.1 Å². The minimum absolute atomic E-state index is 0.120. The average Bonchev–Trinajstić information content (AvgIpc) is 2.74. The molecule has 0 saturated heterocycles. The van der Waals surface area contributed by atoms with Crippen molar-refractivity contribution in [1.82, 2.24) is 9.36 Å². The summed E-state index contributed by atoms with van der Waals surface area (Å²) in [6.07, 6.45) is 1.73. The molecule has 4 nitrogen and oxygen atoms in total. The van der Waals surface area contributed by atoms with Crippen molar-refractivity contribution in [3.05, 3.63) is 38.5 Å². The Morgan fingerprint density at radius 1 is 1.17 bits per heavy atom. The van der Waals surface area contributed by atoms with Crippen LogP contribution in [0.5, 0.6) is 5.75 Å². The highest BCUT2D eigenvalue weighted by Crippen LogP contribution is 2.36. The van der Waals surface area contributed by atoms with Gasteiger partial charge in [-0.15, -0.1) is 0 Å². The molecule has 1 aromatic heterocycles. The molecule has 0 bridgehead atoms. The van der Waals surface area contributed by atoms with E-state index in [0.29, 0.717) is 18.8 Å². The van der Waals surface area contributed by atoms with Gasteiger partial charge in [-0.1, -0.05) is 23.2 Å². The molecule has 2 heterocycles. The van der Waals surface area contributed by atoms with Crippen LogP contribution in [0, 0.1) is 5.82 Å². The third-order valence-corrected chi connectivity index (χ3v) is 4.50. The lowest BCUT2D eigenvalue weighted by molar-refractivity contribution is 0.242. The van der Waals surface area contributed by atoms with Gasteiger partial charge in [0, 0.05) is 18.7 Å². The molecule has 0 N–H and O–H groups in total. The van der Waals surface area contributed by atoms with Crippen LogP contribution in [0.2, 0.25) is 10.2 Å². The van der Waals surface area contributed by atoms with Gasteiger partial charge in [0.05, 0.1) is 16.7 Å². The second kappa shape index (κ2) is 6.21. The summed E-state index contributed by atoms with van der Waals surface area (Å²) in [5.41, 5.74) is -0.00258. The highest BCUT2D eigenvalue weighted by atomic mass is 35.5. The fourth-order valence-electron chi connectivity index (χ4n) is 2.82. The SMILES string of the molecule is CC(C)Oc1cc(-c2c(Cl)n3n(c2=O)CCCC3)c(F)cc1Cl. The van der Waals surface area contributed by atoms with E-state index in [9.17, 15) is 9.18 Å². The number of hydrogen-bond donors (Lipinski definition) is 0. The molecular weight excluding hydrogens is 342 g/mol. The maximum Gasteiger partial charge on any atom is 0.276 e. The van der Waals surface area contributed by atoms with Crippen LogP contribution >= 0.6 is 23.2 Å². The first-order valence-electron chi connectivity index (χ1n) is 7.55. The van der Waals surface area contributed by atoms with E-state index in [1.54, 1.807) is 9.36 Å². The average molecular weight is 359 g/mol. The molecule has 0 fully saturated rings. The monoisotopic (exact) mass is 358 g/mol. The van der Waals surface area contributed by atoms with Crippen molar-refractivity contribution >= 4 is 23.2 Å². The molecular formula is C16H17Cl2FN2O2. The number of nitrogens with zero attached hydrogens (tertiary/aromatic N) is 2. The van der Waals surface area contributed by atoms with Gasteiger partial charge in [0.15, 0.2) is 0 Å². The van der Waals surface area contributed by atoms with E-state index in [4.69, 9.17) is 27.9 Å². The van der Waals surface area contributed by atoms with Crippen LogP contribution < -0.4 is 10.3 Å². The summed E-state index contributed by atoms with van der Waals surface area (Å²) in [5, 5.41) is 0.423. The van der Waals surface area contributed by atoms with Crippen LogP contribution in [0.1, 0.15) is 26.7 Å². The highest BCUT2D eigenvalue weighted by molar-refractivity contribution is 6.33. The Morgan fingerprint density at radius 2 is 1.83 bits per heavy atom. The van der Waals surface area contributed by atoms with E-state index >= 15 is 0 Å². The number of hydrogen-bond acceptors (Lipinski definition) is 2. The van der Waals surface area contributed by atoms with E-state index in [0.717, 1.165) is 18.9 Å². The third kappa shape index (κ3) is 2.88. The highest BCUT2D eigenvalue weighted by Gasteiger charge is 2.25. The Balaban J connectivity index is 2.19. The zero-order chi connectivity index (χ0) is 16.7. The first-order chi connectivity index (χ1) is 10.9. The number of aromatic nitrogens is 2. The summed E-state index contributed by atoms with van der Waals surface area (Å²) < 4.78 is 23.3. The molecule has 3 rings (SSSR count). The van der Waals surface area contributed by atoms with Crippen molar-refractivity contribution in [1.29, 1.82) is 0 Å². The predicted molar refractivity (Wildman–Crippen MR) is 89.1 cm³/mol. The minimum Gasteiger partial charge on any atom is -0.489 e. The largest absolute Gasteiger partial charge is 0.489 e. The zero-order valence-electron chi connectivity index (χ0n) is 12.9. The van der Waals surface area contributed by atoms with Crippen molar-refractivity contribution in [2.75, 3.05) is 0 Å². The molecule has 23 heavy (non-hydrogen) atoms. The van der Waals surface area contributed by atoms with Crippen molar-refractivity contribution in [2.45, 2.75) is 45.9 Å². The molecule has 0 spiro atoms. The van der Waals surface area contributed by atoms with Crippen LogP contribution in [0.25, 0.3) is 11.1 Å². The van der Waals surface area contributed by atoms with Crippen molar-refractivity contribution in [3.8, 4) is 16.9 Å². The second-order valence-corrected chi connectivity index (χ2v) is 6.62. The number of ether oxygens (including phenoxy) is 1. The van der Waals surface area contributed by atoms with Gasteiger partial charge in [0.1, 0.15) is 16.7 Å². The molecule has 0 saturated carbocycles. The van der Waals surface area contributed by atoms with Gasteiger partial charge in [0.2, 0.25) is 0 Å². The quantitative estimate of drug-likeness (QED) is 0.817. The Morgan fingerprint density at radius 3 is 2.43 bits per heavy atom.